The molecule has 6 nitrogen and oxygen atoms in total. The number of allylic oxidation sites excluding steroid dienone is 1. The van der Waals surface area contributed by atoms with Crippen LogP contribution < -0.4 is 10.4 Å². The topological polar surface area (TPSA) is 93.1 Å². The Bertz CT molecular complexity index is 2030. The van der Waals surface area contributed by atoms with E-state index in [0.717, 1.165) is 32.7 Å². The molecule has 0 saturated carbocycles. The van der Waals surface area contributed by atoms with Crippen molar-refractivity contribution in [2.45, 2.75) is 64.4 Å². The lowest BCUT2D eigenvalue weighted by Gasteiger charge is -2.48. The number of benzene rings is 4. The highest BCUT2D eigenvalue weighted by molar-refractivity contribution is 6.99. The van der Waals surface area contributed by atoms with Gasteiger partial charge in [0.05, 0.1) is 17.7 Å². The van der Waals surface area contributed by atoms with Gasteiger partial charge in [0.25, 0.3) is 8.32 Å². The molecular weight excluding hydrogens is 699 g/mol. The summed E-state index contributed by atoms with van der Waals surface area (Å²) in [6.07, 6.45) is 3.33. The molecule has 0 aromatic heterocycles. The van der Waals surface area contributed by atoms with Crippen molar-refractivity contribution in [3.05, 3.63) is 142 Å². The summed E-state index contributed by atoms with van der Waals surface area (Å²) < 4.78 is 13.9. The van der Waals surface area contributed by atoms with Crippen molar-refractivity contribution < 1.29 is 28.8 Å². The van der Waals surface area contributed by atoms with Gasteiger partial charge in [0.1, 0.15) is 5.75 Å². The molecule has 53 heavy (non-hydrogen) atoms. The van der Waals surface area contributed by atoms with Crippen molar-refractivity contribution in [2.75, 3.05) is 6.61 Å². The zero-order chi connectivity index (χ0) is 37.5. The molecule has 0 unspecified atom stereocenters. The van der Waals surface area contributed by atoms with Crippen molar-refractivity contribution in [1.29, 1.82) is 0 Å². The highest BCUT2D eigenvalue weighted by atomic mass is 35.5. The first kappa shape index (κ1) is 37.3. The van der Waals surface area contributed by atoms with Crippen LogP contribution in [0.3, 0.4) is 0 Å². The minimum atomic E-state index is -2.96. The standard InChI is InChI=1S/C44H46BClO6Si/c1-28(23-29-20-21-31(47)25-38(29)46)19-22-39-40-30(27-51-53(44(2,3)4,32-13-7-5-8-14-32)33-15-9-6-10-16-33)24-36-41(37(40)26-45(50)52-39)43(49)35-18-12-11-17-34(35)42(36)48/h5-18,20-21,23,25,36-37,39,41,47,50H,19,22,24,26-27H2,1-4H3/b28-23+/t36-,37+,39-,41-/m1/s1. The number of halogens is 1. The van der Waals surface area contributed by atoms with Crippen molar-refractivity contribution in [3.8, 4) is 5.75 Å². The third-order valence-electron chi connectivity index (χ3n) is 11.4. The fourth-order valence-corrected chi connectivity index (χ4v) is 13.9. The number of phenols is 1. The second kappa shape index (κ2) is 15.0. The Morgan fingerprint density at radius 2 is 1.51 bits per heavy atom. The van der Waals surface area contributed by atoms with Gasteiger partial charge < -0.3 is 19.2 Å². The summed E-state index contributed by atoms with van der Waals surface area (Å²) in [5.74, 6) is -1.46. The van der Waals surface area contributed by atoms with Crippen LogP contribution in [-0.4, -0.2) is 49.8 Å². The molecule has 4 aromatic rings. The van der Waals surface area contributed by atoms with Gasteiger partial charge in [-0.05, 0) is 88.7 Å². The molecule has 2 aliphatic carbocycles. The third-order valence-corrected chi connectivity index (χ3v) is 16.7. The Hall–Kier alpha value is -4.05. The summed E-state index contributed by atoms with van der Waals surface area (Å²) in [5, 5.41) is 23.6. The number of aromatic hydroxyl groups is 1. The van der Waals surface area contributed by atoms with Crippen molar-refractivity contribution in [3.63, 3.8) is 0 Å². The van der Waals surface area contributed by atoms with Gasteiger partial charge in [-0.3, -0.25) is 9.59 Å². The van der Waals surface area contributed by atoms with E-state index >= 15 is 0 Å². The van der Waals surface area contributed by atoms with E-state index in [-0.39, 0.29) is 41.2 Å². The smallest absolute Gasteiger partial charge is 0.455 e. The van der Waals surface area contributed by atoms with E-state index in [4.69, 9.17) is 20.7 Å². The molecule has 4 atom stereocenters. The maximum Gasteiger partial charge on any atom is 0.455 e. The van der Waals surface area contributed by atoms with Crippen LogP contribution in [0, 0.1) is 17.8 Å². The molecule has 0 bridgehead atoms. The van der Waals surface area contributed by atoms with Crippen LogP contribution in [0.15, 0.2) is 120 Å². The Labute approximate surface area is 318 Å². The van der Waals surface area contributed by atoms with Gasteiger partial charge in [-0.15, -0.1) is 0 Å². The van der Waals surface area contributed by atoms with Crippen molar-refractivity contribution >= 4 is 55.1 Å². The molecule has 7 rings (SSSR count). The molecule has 0 amide bonds. The summed E-state index contributed by atoms with van der Waals surface area (Å²) >= 11 is 6.43. The van der Waals surface area contributed by atoms with E-state index in [1.807, 2.05) is 37.3 Å². The maximum atomic E-state index is 14.4. The highest BCUT2D eigenvalue weighted by Gasteiger charge is 2.55. The number of phenolic OH excluding ortho intramolecular Hbond substituents is 1. The van der Waals surface area contributed by atoms with Crippen molar-refractivity contribution in [2.24, 2.45) is 17.8 Å². The first-order chi connectivity index (χ1) is 25.4. The number of fused-ring (bicyclic) bond motifs is 4. The largest absolute Gasteiger partial charge is 0.508 e. The van der Waals surface area contributed by atoms with E-state index in [2.05, 4.69) is 69.3 Å². The van der Waals surface area contributed by atoms with Crippen LogP contribution in [-0.2, 0) is 9.08 Å². The summed E-state index contributed by atoms with van der Waals surface area (Å²) in [4.78, 5) is 28.6. The molecule has 1 aliphatic heterocycles. The van der Waals surface area contributed by atoms with Crippen LogP contribution in [0.25, 0.3) is 6.08 Å². The van der Waals surface area contributed by atoms with Gasteiger partial charge >= 0.3 is 7.12 Å². The molecular formula is C44H46BClO6Si. The van der Waals surface area contributed by atoms with Gasteiger partial charge in [0.2, 0.25) is 0 Å². The number of carbonyl (C=O) groups excluding carboxylic acids is 2. The van der Waals surface area contributed by atoms with Crippen molar-refractivity contribution in [1.82, 2.24) is 0 Å². The van der Waals surface area contributed by atoms with Crippen LogP contribution in [0.4, 0.5) is 0 Å². The molecule has 0 radical (unpaired) electrons. The lowest BCUT2D eigenvalue weighted by atomic mass is 9.54. The lowest BCUT2D eigenvalue weighted by Crippen LogP contribution is -2.66. The predicted molar refractivity (Wildman–Crippen MR) is 214 cm³/mol. The molecule has 3 aliphatic rings. The summed E-state index contributed by atoms with van der Waals surface area (Å²) in [7, 11) is -4.04. The molecule has 1 saturated heterocycles. The SMILES string of the molecule is C/C(=C\c1ccc(O)cc1Cl)CC[C@H]1OB(O)C[C@H]2C1=C(CO[Si](c1ccccc1)(c1ccccc1)C(C)(C)C)C[C@H]1C(=O)c3ccccc3C(=O)[C@H]12. The Morgan fingerprint density at radius 1 is 0.906 bits per heavy atom. The quantitative estimate of drug-likeness (QED) is 0.132. The molecule has 1 heterocycles. The monoisotopic (exact) mass is 744 g/mol. The first-order valence-electron chi connectivity index (χ1n) is 18.5. The average Bonchev–Trinajstić information content (AvgIpc) is 3.14. The Balaban J connectivity index is 1.32. The second-order valence-electron chi connectivity index (χ2n) is 15.8. The minimum Gasteiger partial charge on any atom is -0.508 e. The summed E-state index contributed by atoms with van der Waals surface area (Å²) in [6.45, 7) is 9.04. The summed E-state index contributed by atoms with van der Waals surface area (Å²) in [6, 6.07) is 33.0. The highest BCUT2D eigenvalue weighted by Crippen LogP contribution is 2.51. The average molecular weight is 745 g/mol. The molecule has 2 N–H and O–H groups in total. The number of ketones is 2. The third kappa shape index (κ3) is 7.04. The van der Waals surface area contributed by atoms with E-state index < -0.39 is 33.4 Å². The van der Waals surface area contributed by atoms with Gasteiger partial charge in [-0.1, -0.05) is 129 Å². The van der Waals surface area contributed by atoms with Crippen LogP contribution in [0.5, 0.6) is 5.75 Å². The lowest BCUT2D eigenvalue weighted by molar-refractivity contribution is 0.0591. The second-order valence-corrected chi connectivity index (χ2v) is 20.5. The zero-order valence-electron chi connectivity index (χ0n) is 30.7. The summed E-state index contributed by atoms with van der Waals surface area (Å²) in [5.41, 5.74) is 4.78. The van der Waals surface area contributed by atoms with Crippen LogP contribution >= 0.6 is 11.6 Å². The van der Waals surface area contributed by atoms with E-state index in [1.165, 1.54) is 6.07 Å². The molecule has 9 heteroatoms. The number of rotatable bonds is 9. The Kier molecular flexibility index (Phi) is 10.5. The fraction of sp³-hybridized carbons (Fsp3) is 0.318. The van der Waals surface area contributed by atoms with Crippen LogP contribution in [0.1, 0.15) is 73.2 Å². The van der Waals surface area contributed by atoms with Gasteiger partial charge in [-0.2, -0.15) is 0 Å². The molecule has 0 spiro atoms. The molecule has 1 fully saturated rings. The van der Waals surface area contributed by atoms with Gasteiger partial charge in [0, 0.05) is 23.0 Å². The fourth-order valence-electron chi connectivity index (χ4n) is 9.09. The Morgan fingerprint density at radius 3 is 2.11 bits per heavy atom. The first-order valence-corrected chi connectivity index (χ1v) is 20.8. The van der Waals surface area contributed by atoms with E-state index in [0.29, 0.717) is 35.4 Å². The predicted octanol–water partition coefficient (Wildman–Crippen LogP) is 8.31. The number of carbonyl (C=O) groups is 2. The minimum absolute atomic E-state index is 0.0192. The van der Waals surface area contributed by atoms with E-state index in [1.54, 1.807) is 24.3 Å². The normalized spacial score (nSPS) is 22.0. The number of hydrogen-bond donors (Lipinski definition) is 2. The van der Waals surface area contributed by atoms with Gasteiger partial charge in [0.15, 0.2) is 11.6 Å². The molecule has 272 valence electrons. The zero-order valence-corrected chi connectivity index (χ0v) is 32.5. The van der Waals surface area contributed by atoms with E-state index in [9.17, 15) is 19.7 Å². The number of Topliss-reactive ketones (excluding diaryl/α,β-unsaturated/α-hetero) is 2. The number of hydrogen-bond acceptors (Lipinski definition) is 6. The van der Waals surface area contributed by atoms with Crippen LogP contribution in [0.2, 0.25) is 16.4 Å². The molecule has 4 aromatic carbocycles. The van der Waals surface area contributed by atoms with Gasteiger partial charge in [-0.25, -0.2) is 0 Å². The maximum absolute atomic E-state index is 14.4.